The summed E-state index contributed by atoms with van der Waals surface area (Å²) in [4.78, 5) is 4.52. The average Bonchev–Trinajstić information content (AvgIpc) is 3.33. The van der Waals surface area contributed by atoms with Crippen molar-refractivity contribution >= 4 is 0 Å². The summed E-state index contributed by atoms with van der Waals surface area (Å²) in [5.74, 6) is 0.683. The molecule has 2 fully saturated rings. The lowest BCUT2D eigenvalue weighted by Crippen LogP contribution is -2.63. The highest BCUT2D eigenvalue weighted by Gasteiger charge is 2.54. The van der Waals surface area contributed by atoms with Crippen LogP contribution in [0, 0.1) is 11.2 Å². The topological polar surface area (TPSA) is 80.4 Å². The minimum absolute atomic E-state index is 0.123. The van der Waals surface area contributed by atoms with Crippen molar-refractivity contribution in [1.82, 2.24) is 15.5 Å². The maximum Gasteiger partial charge on any atom is 0.230 e. The molecular weight excluding hydrogens is 433 g/mol. The maximum atomic E-state index is 16.2. The van der Waals surface area contributed by atoms with Crippen LogP contribution in [0.5, 0.6) is 0 Å². The summed E-state index contributed by atoms with van der Waals surface area (Å²) in [7, 11) is 0. The first-order chi connectivity index (χ1) is 16.3. The number of ether oxygens (including phenoxy) is 1. The summed E-state index contributed by atoms with van der Waals surface area (Å²) < 4.78 is 27.1. The van der Waals surface area contributed by atoms with E-state index in [1.807, 2.05) is 31.2 Å². The van der Waals surface area contributed by atoms with E-state index < -0.39 is 16.8 Å². The minimum Gasteiger partial charge on any atom is -0.381 e. The molecular formula is C27H32FN3O3. The quantitative estimate of drug-likeness (QED) is 0.547. The lowest BCUT2D eigenvalue weighted by molar-refractivity contribution is -0.0788. The zero-order valence-corrected chi connectivity index (χ0v) is 20.0. The van der Waals surface area contributed by atoms with Gasteiger partial charge in [-0.25, -0.2) is 4.39 Å². The van der Waals surface area contributed by atoms with Crippen LogP contribution in [0.2, 0.25) is 0 Å². The van der Waals surface area contributed by atoms with Crippen LogP contribution in [0.25, 0.3) is 11.4 Å². The lowest BCUT2D eigenvalue weighted by atomic mass is 9.62. The maximum absolute atomic E-state index is 16.2. The molecule has 2 saturated heterocycles. The van der Waals surface area contributed by atoms with E-state index in [1.54, 1.807) is 18.2 Å². The molecule has 7 heteroatoms. The third-order valence-electron chi connectivity index (χ3n) is 7.54. The molecule has 1 aromatic heterocycles. The largest absolute Gasteiger partial charge is 0.381 e. The highest BCUT2D eigenvalue weighted by molar-refractivity contribution is 5.59. The van der Waals surface area contributed by atoms with Gasteiger partial charge in [0.1, 0.15) is 11.4 Å². The van der Waals surface area contributed by atoms with Gasteiger partial charge in [0, 0.05) is 43.2 Å². The molecule has 6 nitrogen and oxygen atoms in total. The first-order valence-electron chi connectivity index (χ1n) is 12.1. The van der Waals surface area contributed by atoms with Crippen molar-refractivity contribution in [3.05, 3.63) is 70.9 Å². The van der Waals surface area contributed by atoms with E-state index in [-0.39, 0.29) is 22.9 Å². The summed E-state index contributed by atoms with van der Waals surface area (Å²) in [6, 6.07) is 12.9. The number of hydrogen-bond donors (Lipinski definition) is 2. The van der Waals surface area contributed by atoms with Gasteiger partial charge in [-0.05, 0) is 36.0 Å². The second-order valence-electron chi connectivity index (χ2n) is 10.2. The van der Waals surface area contributed by atoms with Crippen LogP contribution in [-0.2, 0) is 10.3 Å². The van der Waals surface area contributed by atoms with Gasteiger partial charge in [0.15, 0.2) is 0 Å². The first kappa shape index (κ1) is 23.1. The van der Waals surface area contributed by atoms with Gasteiger partial charge in [0.05, 0.1) is 5.56 Å². The number of benzene rings is 2. The van der Waals surface area contributed by atoms with E-state index in [9.17, 15) is 5.11 Å². The van der Waals surface area contributed by atoms with Gasteiger partial charge in [-0.1, -0.05) is 62.3 Å². The molecule has 0 saturated carbocycles. The van der Waals surface area contributed by atoms with Gasteiger partial charge >= 0.3 is 0 Å². The highest BCUT2D eigenvalue weighted by Crippen LogP contribution is 2.49. The predicted octanol–water partition coefficient (Wildman–Crippen LogP) is 4.74. The third-order valence-corrected chi connectivity index (χ3v) is 7.54. The smallest absolute Gasteiger partial charge is 0.230 e. The van der Waals surface area contributed by atoms with Gasteiger partial charge < -0.3 is 19.7 Å². The summed E-state index contributed by atoms with van der Waals surface area (Å²) in [6.07, 6.45) is 1.61. The Kier molecular flexibility index (Phi) is 6.04. The molecule has 3 heterocycles. The highest BCUT2D eigenvalue weighted by atomic mass is 19.1. The SMILES string of the molecule is CC(C)c1ccc(C(O)(c2cccc(-c3noc(C4CCOCC4)n3)c2F)C2(C)CNC2)cc1. The number of rotatable bonds is 6. The van der Waals surface area contributed by atoms with Crippen LogP contribution >= 0.6 is 0 Å². The van der Waals surface area contributed by atoms with Crippen molar-refractivity contribution in [2.24, 2.45) is 5.41 Å². The Bertz CT molecular complexity index is 1150. The number of nitrogens with zero attached hydrogens (tertiary/aromatic N) is 2. The van der Waals surface area contributed by atoms with E-state index in [0.717, 1.165) is 12.8 Å². The van der Waals surface area contributed by atoms with Crippen molar-refractivity contribution in [3.63, 3.8) is 0 Å². The Labute approximate surface area is 199 Å². The molecule has 0 aliphatic carbocycles. The van der Waals surface area contributed by atoms with Gasteiger partial charge in [0.2, 0.25) is 11.7 Å². The second-order valence-corrected chi connectivity index (χ2v) is 10.2. The molecule has 34 heavy (non-hydrogen) atoms. The molecule has 2 aromatic carbocycles. The van der Waals surface area contributed by atoms with Crippen LogP contribution < -0.4 is 5.32 Å². The third kappa shape index (κ3) is 3.76. The van der Waals surface area contributed by atoms with E-state index in [2.05, 4.69) is 29.3 Å². The first-order valence-corrected chi connectivity index (χ1v) is 12.1. The summed E-state index contributed by atoms with van der Waals surface area (Å²) >= 11 is 0. The van der Waals surface area contributed by atoms with Gasteiger partial charge in [-0.2, -0.15) is 4.98 Å². The average molecular weight is 466 g/mol. The fraction of sp³-hybridized carbons (Fsp3) is 0.481. The summed E-state index contributed by atoms with van der Waals surface area (Å²) in [5.41, 5.74) is 0.200. The zero-order valence-electron chi connectivity index (χ0n) is 20.0. The monoisotopic (exact) mass is 465 g/mol. The van der Waals surface area contributed by atoms with Crippen molar-refractivity contribution in [2.45, 2.75) is 51.0 Å². The molecule has 5 rings (SSSR count). The summed E-state index contributed by atoms with van der Waals surface area (Å²) in [6.45, 7) is 8.71. The Morgan fingerprint density at radius 3 is 2.44 bits per heavy atom. The Hall–Kier alpha value is -2.61. The number of aliphatic hydroxyl groups is 1. The van der Waals surface area contributed by atoms with Crippen molar-refractivity contribution in [2.75, 3.05) is 26.3 Å². The van der Waals surface area contributed by atoms with E-state index >= 15 is 4.39 Å². The zero-order chi connectivity index (χ0) is 23.9. The molecule has 3 aromatic rings. The lowest BCUT2D eigenvalue weighted by Gasteiger charge is -2.52. The number of hydrogen-bond acceptors (Lipinski definition) is 6. The van der Waals surface area contributed by atoms with Gasteiger partial charge in [0.25, 0.3) is 0 Å². The minimum atomic E-state index is -1.53. The van der Waals surface area contributed by atoms with Gasteiger partial charge in [-0.3, -0.25) is 0 Å². The number of aromatic nitrogens is 2. The standard InChI is InChI=1S/C27H32FN3O3/c1-17(2)18-7-9-20(10-8-18)27(32,26(3)15-29-16-26)22-6-4-5-21(23(22)28)24-30-25(34-31-24)19-11-13-33-14-12-19/h4-10,17,19,29,32H,11-16H2,1-3H3. The van der Waals surface area contributed by atoms with E-state index in [0.29, 0.717) is 43.7 Å². The Morgan fingerprint density at radius 2 is 1.82 bits per heavy atom. The van der Waals surface area contributed by atoms with E-state index in [4.69, 9.17) is 9.26 Å². The molecule has 0 bridgehead atoms. The molecule has 0 spiro atoms. The normalized spacial score (nSPS) is 20.2. The molecule has 2 aliphatic rings. The van der Waals surface area contributed by atoms with Crippen molar-refractivity contribution in [3.8, 4) is 11.4 Å². The predicted molar refractivity (Wildman–Crippen MR) is 127 cm³/mol. The fourth-order valence-corrected chi connectivity index (χ4v) is 5.13. The van der Waals surface area contributed by atoms with Crippen LogP contribution in [0.1, 0.15) is 68.0 Å². The Morgan fingerprint density at radius 1 is 1.12 bits per heavy atom. The van der Waals surface area contributed by atoms with Crippen LogP contribution in [-0.4, -0.2) is 41.6 Å². The molecule has 2 N–H and O–H groups in total. The second kappa shape index (κ2) is 8.87. The van der Waals surface area contributed by atoms with Crippen LogP contribution in [0.4, 0.5) is 4.39 Å². The van der Waals surface area contributed by atoms with Crippen molar-refractivity contribution < 1.29 is 18.8 Å². The number of halogens is 1. The molecule has 0 amide bonds. The summed E-state index contributed by atoms with van der Waals surface area (Å²) in [5, 5.41) is 19.6. The molecule has 1 atom stereocenters. The van der Waals surface area contributed by atoms with Crippen LogP contribution in [0.15, 0.2) is 47.0 Å². The molecule has 1 unspecified atom stereocenters. The molecule has 180 valence electrons. The van der Waals surface area contributed by atoms with Crippen LogP contribution in [0.3, 0.4) is 0 Å². The number of nitrogens with one attached hydrogen (secondary N) is 1. The molecule has 2 aliphatic heterocycles. The van der Waals surface area contributed by atoms with E-state index in [1.165, 1.54) is 5.56 Å². The van der Waals surface area contributed by atoms with Gasteiger partial charge in [-0.15, -0.1) is 0 Å². The molecule has 0 radical (unpaired) electrons. The fourth-order valence-electron chi connectivity index (χ4n) is 5.13. The van der Waals surface area contributed by atoms with Crippen molar-refractivity contribution in [1.29, 1.82) is 0 Å². The Balaban J connectivity index is 1.57.